The van der Waals surface area contributed by atoms with Crippen molar-refractivity contribution < 1.29 is 9.59 Å². The highest BCUT2D eigenvalue weighted by Crippen LogP contribution is 2.20. The Balaban J connectivity index is 2.14. The van der Waals surface area contributed by atoms with E-state index in [9.17, 15) is 9.59 Å². The zero-order valence-corrected chi connectivity index (χ0v) is 16.2. The van der Waals surface area contributed by atoms with Gasteiger partial charge in [0.1, 0.15) is 11.6 Å². The molecule has 1 aliphatic rings. The molecule has 0 spiro atoms. The molecular formula is C21H29N3O2. The van der Waals surface area contributed by atoms with Crippen LogP contribution in [0.15, 0.2) is 40.3 Å². The highest BCUT2D eigenvalue weighted by molar-refractivity contribution is 6.00. The van der Waals surface area contributed by atoms with E-state index < -0.39 is 0 Å². The summed E-state index contributed by atoms with van der Waals surface area (Å²) < 4.78 is 0. The van der Waals surface area contributed by atoms with Crippen molar-refractivity contribution in [2.45, 2.75) is 59.2 Å². The molecule has 5 nitrogen and oxygen atoms in total. The third-order valence-electron chi connectivity index (χ3n) is 4.37. The highest BCUT2D eigenvalue weighted by atomic mass is 16.1. The molecule has 1 heterocycles. The van der Waals surface area contributed by atoms with Gasteiger partial charge >= 0.3 is 0 Å². The standard InChI is InChI=1S/C21H29N3O2/c1-15(10-17(3)25)22-20-13-24(12-19-8-6-5-7-9-19)14-21(20)23-16(2)11-18(4)26/h5-9,20-21H,10-14H2,1-4H3/t20-,21-/m1/s1. The van der Waals surface area contributed by atoms with Crippen molar-refractivity contribution in [3.05, 3.63) is 35.9 Å². The van der Waals surface area contributed by atoms with E-state index in [-0.39, 0.29) is 23.7 Å². The average molecular weight is 355 g/mol. The Morgan fingerprint density at radius 2 is 1.35 bits per heavy atom. The number of ketones is 2. The second-order valence-corrected chi connectivity index (χ2v) is 7.30. The van der Waals surface area contributed by atoms with E-state index in [0.29, 0.717) is 12.8 Å². The van der Waals surface area contributed by atoms with Crippen LogP contribution >= 0.6 is 0 Å². The number of hydrogen-bond acceptors (Lipinski definition) is 5. The van der Waals surface area contributed by atoms with Gasteiger partial charge in [0.25, 0.3) is 0 Å². The zero-order chi connectivity index (χ0) is 19.1. The van der Waals surface area contributed by atoms with E-state index in [1.165, 1.54) is 5.56 Å². The fourth-order valence-corrected chi connectivity index (χ4v) is 3.45. The summed E-state index contributed by atoms with van der Waals surface area (Å²) in [6.07, 6.45) is 0.774. The topological polar surface area (TPSA) is 62.1 Å². The fraction of sp³-hybridized carbons (Fsp3) is 0.524. The molecule has 1 aromatic carbocycles. The smallest absolute Gasteiger partial charge is 0.135 e. The van der Waals surface area contributed by atoms with Crippen LogP contribution in [0.3, 0.4) is 0 Å². The van der Waals surface area contributed by atoms with Crippen molar-refractivity contribution in [1.82, 2.24) is 4.90 Å². The molecule has 1 fully saturated rings. The third kappa shape index (κ3) is 6.64. The molecule has 140 valence electrons. The van der Waals surface area contributed by atoms with Crippen LogP contribution in [0.1, 0.15) is 46.1 Å². The Hall–Kier alpha value is -2.14. The second kappa shape index (κ2) is 9.53. The van der Waals surface area contributed by atoms with E-state index in [1.54, 1.807) is 13.8 Å². The van der Waals surface area contributed by atoms with Gasteiger partial charge in [0.2, 0.25) is 0 Å². The summed E-state index contributed by atoms with van der Waals surface area (Å²) in [6.45, 7) is 9.46. The summed E-state index contributed by atoms with van der Waals surface area (Å²) in [7, 11) is 0. The quantitative estimate of drug-likeness (QED) is 0.673. The van der Waals surface area contributed by atoms with E-state index >= 15 is 0 Å². The Kier molecular flexibility index (Phi) is 7.39. The maximum atomic E-state index is 11.4. The number of Topliss-reactive ketones (excluding diaryl/α,β-unsaturated/α-hetero) is 2. The van der Waals surface area contributed by atoms with Crippen LogP contribution in [0.5, 0.6) is 0 Å². The Labute approximate surface area is 156 Å². The number of carbonyl (C=O) groups is 2. The second-order valence-electron chi connectivity index (χ2n) is 7.30. The summed E-state index contributed by atoms with van der Waals surface area (Å²) in [4.78, 5) is 34.6. The molecule has 0 aliphatic carbocycles. The van der Waals surface area contributed by atoms with Crippen molar-refractivity contribution >= 4 is 23.0 Å². The van der Waals surface area contributed by atoms with Crippen LogP contribution < -0.4 is 0 Å². The molecule has 0 radical (unpaired) electrons. The van der Waals surface area contributed by atoms with Crippen molar-refractivity contribution in [2.24, 2.45) is 9.98 Å². The Morgan fingerprint density at radius 1 is 0.885 bits per heavy atom. The summed E-state index contributed by atoms with van der Waals surface area (Å²) in [5, 5.41) is 0. The van der Waals surface area contributed by atoms with Crippen LogP contribution in [0.25, 0.3) is 0 Å². The molecule has 0 N–H and O–H groups in total. The normalized spacial score (nSPS) is 21.8. The molecule has 0 unspecified atom stereocenters. The molecule has 0 saturated carbocycles. The van der Waals surface area contributed by atoms with Crippen molar-refractivity contribution in [1.29, 1.82) is 0 Å². The van der Waals surface area contributed by atoms with E-state index in [1.807, 2.05) is 32.0 Å². The Bertz CT molecular complexity index is 654. The van der Waals surface area contributed by atoms with Crippen molar-refractivity contribution in [3.8, 4) is 0 Å². The number of aliphatic imine (C=N–C) groups is 2. The van der Waals surface area contributed by atoms with Crippen LogP contribution in [0.4, 0.5) is 0 Å². The molecule has 1 saturated heterocycles. The molecule has 5 heteroatoms. The van der Waals surface area contributed by atoms with Crippen molar-refractivity contribution in [3.63, 3.8) is 0 Å². The van der Waals surface area contributed by atoms with Gasteiger partial charge in [-0.05, 0) is 33.3 Å². The molecule has 26 heavy (non-hydrogen) atoms. The fourth-order valence-electron chi connectivity index (χ4n) is 3.45. The molecule has 0 bridgehead atoms. The van der Waals surface area contributed by atoms with Crippen LogP contribution in [0, 0.1) is 0 Å². The molecule has 1 aromatic rings. The van der Waals surface area contributed by atoms with Gasteiger partial charge < -0.3 is 0 Å². The SMILES string of the molecule is CC(=O)CC(C)=N[C@@H]1CN(Cc2ccccc2)C[C@H]1N=C(C)CC(C)=O. The van der Waals surface area contributed by atoms with Gasteiger partial charge in [-0.1, -0.05) is 30.3 Å². The van der Waals surface area contributed by atoms with Crippen LogP contribution in [-0.2, 0) is 16.1 Å². The first kappa shape index (κ1) is 20.2. The molecule has 2 atom stereocenters. The summed E-state index contributed by atoms with van der Waals surface area (Å²) in [6, 6.07) is 10.4. The van der Waals surface area contributed by atoms with Gasteiger partial charge in [0.15, 0.2) is 0 Å². The van der Waals surface area contributed by atoms with Gasteiger partial charge in [-0.25, -0.2) is 0 Å². The number of nitrogens with zero attached hydrogens (tertiary/aromatic N) is 3. The van der Waals surface area contributed by atoms with Gasteiger partial charge in [0, 0.05) is 43.9 Å². The number of benzene rings is 1. The maximum Gasteiger partial charge on any atom is 0.135 e. The predicted octanol–water partition coefficient (Wildman–Crippen LogP) is 3.12. The predicted molar refractivity (Wildman–Crippen MR) is 106 cm³/mol. The van der Waals surface area contributed by atoms with E-state index in [0.717, 1.165) is 31.1 Å². The van der Waals surface area contributed by atoms with E-state index in [2.05, 4.69) is 17.0 Å². The molecule has 2 rings (SSSR count). The third-order valence-corrected chi connectivity index (χ3v) is 4.37. The lowest BCUT2D eigenvalue weighted by atomic mass is 10.1. The molecule has 1 aliphatic heterocycles. The number of rotatable bonds is 8. The first-order valence-corrected chi connectivity index (χ1v) is 9.15. The van der Waals surface area contributed by atoms with Gasteiger partial charge in [-0.3, -0.25) is 24.5 Å². The summed E-state index contributed by atoms with van der Waals surface area (Å²) in [5.41, 5.74) is 2.97. The monoisotopic (exact) mass is 355 g/mol. The lowest BCUT2D eigenvalue weighted by Crippen LogP contribution is -2.23. The largest absolute Gasteiger partial charge is 0.300 e. The molecular weight excluding hydrogens is 326 g/mol. The van der Waals surface area contributed by atoms with Crippen LogP contribution in [-0.4, -0.2) is 53.1 Å². The minimum absolute atomic E-state index is 0.0278. The first-order valence-electron chi connectivity index (χ1n) is 9.15. The number of carbonyl (C=O) groups excluding carboxylic acids is 2. The average Bonchev–Trinajstić information content (AvgIpc) is 2.87. The number of hydrogen-bond donors (Lipinski definition) is 0. The minimum Gasteiger partial charge on any atom is -0.300 e. The van der Waals surface area contributed by atoms with Gasteiger partial charge in [0.05, 0.1) is 12.1 Å². The Morgan fingerprint density at radius 3 is 1.77 bits per heavy atom. The zero-order valence-electron chi connectivity index (χ0n) is 16.2. The van der Waals surface area contributed by atoms with Gasteiger partial charge in [-0.15, -0.1) is 0 Å². The van der Waals surface area contributed by atoms with Gasteiger partial charge in [-0.2, -0.15) is 0 Å². The number of likely N-dealkylation sites (tertiary alicyclic amines) is 1. The highest BCUT2D eigenvalue weighted by Gasteiger charge is 2.32. The first-order chi connectivity index (χ1) is 12.3. The summed E-state index contributed by atoms with van der Waals surface area (Å²) >= 11 is 0. The maximum absolute atomic E-state index is 11.4. The van der Waals surface area contributed by atoms with Crippen molar-refractivity contribution in [2.75, 3.05) is 13.1 Å². The summed E-state index contributed by atoms with van der Waals surface area (Å²) in [5.74, 6) is 0.247. The van der Waals surface area contributed by atoms with Crippen LogP contribution in [0.2, 0.25) is 0 Å². The lowest BCUT2D eigenvalue weighted by molar-refractivity contribution is -0.116. The van der Waals surface area contributed by atoms with E-state index in [4.69, 9.17) is 9.98 Å². The molecule has 0 aromatic heterocycles. The molecule has 0 amide bonds. The lowest BCUT2D eigenvalue weighted by Gasteiger charge is -2.14. The minimum atomic E-state index is 0.0278.